The van der Waals surface area contributed by atoms with Crippen LogP contribution in [-0.4, -0.2) is 74.5 Å². The fourth-order valence-electron chi connectivity index (χ4n) is 6.37. The zero-order valence-electron chi connectivity index (χ0n) is 23.6. The summed E-state index contributed by atoms with van der Waals surface area (Å²) in [6.45, 7) is 4.24. The number of carbonyl (C=O) groups is 1. The Morgan fingerprint density at radius 1 is 1.17 bits per heavy atom. The van der Waals surface area contributed by atoms with Crippen LogP contribution in [0.1, 0.15) is 60.5 Å². The lowest BCUT2D eigenvalue weighted by atomic mass is 9.94. The summed E-state index contributed by atoms with van der Waals surface area (Å²) in [5.41, 5.74) is 6.10. The molecule has 16 heteroatoms. The highest BCUT2D eigenvalue weighted by Crippen LogP contribution is 2.71. The molecule has 2 aliphatic heterocycles. The highest BCUT2D eigenvalue weighted by Gasteiger charge is 2.63. The molecule has 0 spiro atoms. The van der Waals surface area contributed by atoms with Crippen molar-refractivity contribution in [1.82, 2.24) is 9.88 Å². The fourth-order valence-corrected chi connectivity index (χ4v) is 9.03. The van der Waals surface area contributed by atoms with Gasteiger partial charge in [-0.1, -0.05) is 0 Å². The molecule has 1 saturated carbocycles. The van der Waals surface area contributed by atoms with Crippen LogP contribution in [0.25, 0.3) is 10.9 Å². The van der Waals surface area contributed by atoms with Crippen LogP contribution in [-0.2, 0) is 13.9 Å². The van der Waals surface area contributed by atoms with Crippen molar-refractivity contribution < 1.29 is 43.0 Å². The maximum Gasteiger partial charge on any atom is 0.381 e. The van der Waals surface area contributed by atoms with Crippen LogP contribution < -0.4 is 26.1 Å². The van der Waals surface area contributed by atoms with Crippen LogP contribution >= 0.6 is 15.2 Å². The number of hydrogen-bond donors (Lipinski definition) is 6. The van der Waals surface area contributed by atoms with Gasteiger partial charge in [0.15, 0.2) is 5.75 Å². The molecule has 232 valence electrons. The topological polar surface area (TPSA) is 214 Å². The zero-order valence-corrected chi connectivity index (χ0v) is 25.4. The summed E-state index contributed by atoms with van der Waals surface area (Å²) in [7, 11) is -10.0. The summed E-state index contributed by atoms with van der Waals surface area (Å²) in [6, 6.07) is 1.93. The van der Waals surface area contributed by atoms with Crippen LogP contribution in [0.3, 0.4) is 0 Å². The number of aryl methyl sites for hydroxylation is 1. The third-order valence-electron chi connectivity index (χ3n) is 8.59. The van der Waals surface area contributed by atoms with Crippen molar-refractivity contribution in [3.63, 3.8) is 0 Å². The largest absolute Gasteiger partial charge is 0.492 e. The number of fused-ring (bicyclic) bond motifs is 2. The number of ether oxygens (including phenoxy) is 2. The number of aromatic nitrogens is 1. The van der Waals surface area contributed by atoms with Crippen molar-refractivity contribution in [1.29, 1.82) is 0 Å². The zero-order chi connectivity index (χ0) is 30.6. The first-order valence-electron chi connectivity index (χ1n) is 14.0. The van der Waals surface area contributed by atoms with E-state index in [-0.39, 0.29) is 24.4 Å². The van der Waals surface area contributed by atoms with E-state index >= 15 is 0 Å². The number of benzene rings is 1. The van der Waals surface area contributed by atoms with Crippen LogP contribution in [0.4, 0.5) is 5.69 Å². The van der Waals surface area contributed by atoms with Gasteiger partial charge >= 0.3 is 26.2 Å². The molecule has 2 atom stereocenters. The van der Waals surface area contributed by atoms with Crippen LogP contribution in [0.5, 0.6) is 5.75 Å². The number of pyridine rings is 1. The number of anilines is 1. The van der Waals surface area contributed by atoms with Crippen molar-refractivity contribution in [3.05, 3.63) is 33.6 Å². The highest BCUT2D eigenvalue weighted by atomic mass is 31.2. The van der Waals surface area contributed by atoms with Crippen molar-refractivity contribution in [2.45, 2.75) is 62.6 Å². The summed E-state index contributed by atoms with van der Waals surface area (Å²) in [5, 5.41) is 0.232. The molecule has 3 heterocycles. The third-order valence-corrected chi connectivity index (χ3v) is 12.6. The van der Waals surface area contributed by atoms with Gasteiger partial charge in [-0.15, -0.1) is 0 Å². The molecule has 2 aromatic rings. The lowest BCUT2D eigenvalue weighted by molar-refractivity contribution is 0.0211. The van der Waals surface area contributed by atoms with E-state index in [4.69, 9.17) is 15.2 Å². The number of nitrogens with one attached hydrogen (secondary N) is 1. The summed E-state index contributed by atoms with van der Waals surface area (Å²) in [4.78, 5) is 69.5. The number of rotatable bonds is 10. The maximum atomic E-state index is 13.8. The van der Waals surface area contributed by atoms with Gasteiger partial charge in [0, 0.05) is 37.8 Å². The van der Waals surface area contributed by atoms with Gasteiger partial charge in [0.25, 0.3) is 0 Å². The molecule has 2 saturated heterocycles. The van der Waals surface area contributed by atoms with Gasteiger partial charge in [-0.2, -0.15) is 0 Å². The summed E-state index contributed by atoms with van der Waals surface area (Å²) >= 11 is 0. The molecule has 14 nitrogen and oxygen atoms in total. The quantitative estimate of drug-likeness (QED) is 0.164. The summed E-state index contributed by atoms with van der Waals surface area (Å²) in [6.07, 6.45) is 3.81. The third kappa shape index (κ3) is 5.33. The van der Waals surface area contributed by atoms with E-state index in [0.29, 0.717) is 23.2 Å². The second kappa shape index (κ2) is 11.3. The van der Waals surface area contributed by atoms with Crippen molar-refractivity contribution in [2.75, 3.05) is 38.2 Å². The average molecular weight is 629 g/mol. The number of nitrogens with zero attached hydrogens (tertiary/aromatic N) is 2. The van der Waals surface area contributed by atoms with Crippen LogP contribution in [0.2, 0.25) is 0 Å². The maximum absolute atomic E-state index is 13.8. The molecule has 5 rings (SSSR count). The minimum atomic E-state index is -5.77. The van der Waals surface area contributed by atoms with Gasteiger partial charge in [-0.3, -0.25) is 13.9 Å². The molecule has 1 aromatic carbocycles. The molecule has 42 heavy (non-hydrogen) atoms. The number of carbonyl (C=O) groups excluding carboxylic acids is 1. The van der Waals surface area contributed by atoms with Gasteiger partial charge in [0.2, 0.25) is 5.43 Å². The molecule has 1 aromatic heterocycles. The van der Waals surface area contributed by atoms with Crippen LogP contribution in [0, 0.1) is 12.8 Å². The Balaban J connectivity index is 1.64. The smallest absolute Gasteiger partial charge is 0.381 e. The molecule has 1 aliphatic carbocycles. The number of methoxy groups -OCH3 is 1. The molecule has 3 aliphatic rings. The van der Waals surface area contributed by atoms with Crippen molar-refractivity contribution >= 4 is 37.8 Å². The van der Waals surface area contributed by atoms with E-state index in [1.807, 2.05) is 6.92 Å². The number of piperidine rings is 1. The molecular formula is C26H38N4O10P2. The molecule has 7 N–H and O–H groups in total. The Morgan fingerprint density at radius 2 is 1.86 bits per heavy atom. The molecule has 0 bridgehead atoms. The normalized spacial score (nSPS) is 21.5. The van der Waals surface area contributed by atoms with Crippen molar-refractivity contribution in [2.24, 2.45) is 11.7 Å². The lowest BCUT2D eigenvalue weighted by Gasteiger charge is -2.33. The predicted octanol–water partition coefficient (Wildman–Crippen LogP) is 1.75. The van der Waals surface area contributed by atoms with E-state index in [0.717, 1.165) is 56.6 Å². The first kappa shape index (κ1) is 31.2. The highest BCUT2D eigenvalue weighted by molar-refractivity contribution is 7.72. The molecule has 3 fully saturated rings. The van der Waals surface area contributed by atoms with Gasteiger partial charge < -0.3 is 49.6 Å². The second-order valence-electron chi connectivity index (χ2n) is 11.5. The Kier molecular flexibility index (Phi) is 8.41. The fraction of sp³-hybridized carbons (Fsp3) is 0.615. The molecular weight excluding hydrogens is 590 g/mol. The van der Waals surface area contributed by atoms with E-state index < -0.39 is 43.7 Å². The van der Waals surface area contributed by atoms with E-state index in [1.54, 1.807) is 10.6 Å². The standard InChI is InChI=1S/C26H38N4O10P2/c1-15-11-18-22(24(39-2)21(15)29-12-16-5-3-10-28-20(16)14-29)30(17-6-7-17)13-19(23(18)31)25(32)40-26(8-4-9-27,41(33,34)35)42(36,37)38/h11,13,16-17,20,28H,3-10,12,14,27H2,1-2H3,(H2,33,34,35)(H2,36,37,38)/t16?,20-/m0/s1. The Bertz CT molecular complexity index is 1510. The van der Waals surface area contributed by atoms with Crippen molar-refractivity contribution in [3.8, 4) is 5.75 Å². The summed E-state index contributed by atoms with van der Waals surface area (Å²) in [5.74, 6) is -0.574. The Hall–Kier alpha value is -2.28. The monoisotopic (exact) mass is 628 g/mol. The first-order chi connectivity index (χ1) is 19.7. The first-order valence-corrected chi connectivity index (χ1v) is 17.3. The van der Waals surface area contributed by atoms with Gasteiger partial charge in [0.1, 0.15) is 5.56 Å². The predicted molar refractivity (Wildman–Crippen MR) is 155 cm³/mol. The molecule has 0 amide bonds. The average Bonchev–Trinajstić information content (AvgIpc) is 3.67. The number of esters is 1. The van der Waals surface area contributed by atoms with E-state index in [1.165, 1.54) is 13.3 Å². The molecule has 1 unspecified atom stereocenters. The lowest BCUT2D eigenvalue weighted by Crippen LogP contribution is -2.40. The summed E-state index contributed by atoms with van der Waals surface area (Å²) < 4.78 is 37.5. The van der Waals surface area contributed by atoms with Gasteiger partial charge in [-0.05, 0) is 69.7 Å². The SMILES string of the molecule is COc1c(N2CC3CCCN[C@H]3C2)c(C)cc2c(=O)c(C(=O)OC(CCCN)(P(=O)(O)O)P(=O)(O)O)cn(C3CC3)c12. The van der Waals surface area contributed by atoms with E-state index in [2.05, 4.69) is 10.2 Å². The van der Waals surface area contributed by atoms with E-state index in [9.17, 15) is 38.3 Å². The Morgan fingerprint density at radius 3 is 2.43 bits per heavy atom. The second-order valence-corrected chi connectivity index (χ2v) is 15.4. The van der Waals surface area contributed by atoms with Gasteiger partial charge in [-0.25, -0.2) is 4.79 Å². The Labute approximate surface area is 242 Å². The number of hydrogen-bond acceptors (Lipinski definition) is 9. The molecule has 0 radical (unpaired) electrons. The number of nitrogens with two attached hydrogens (primary N) is 1. The van der Waals surface area contributed by atoms with Crippen LogP contribution in [0.15, 0.2) is 17.1 Å². The minimum Gasteiger partial charge on any atom is -0.492 e. The van der Waals surface area contributed by atoms with Gasteiger partial charge in [0.05, 0.1) is 23.7 Å². The minimum absolute atomic E-state index is 0.0857.